The molecule has 2 heterocycles. The van der Waals surface area contributed by atoms with Crippen LogP contribution in [-0.2, 0) is 7.05 Å². The van der Waals surface area contributed by atoms with Gasteiger partial charge in [0, 0.05) is 23.1 Å². The maximum absolute atomic E-state index is 4.70. The highest BCUT2D eigenvalue weighted by Gasteiger charge is 2.28. The molecule has 0 saturated heterocycles. The number of benzene rings is 3. The van der Waals surface area contributed by atoms with Gasteiger partial charge in [0.15, 0.2) is 6.20 Å². The van der Waals surface area contributed by atoms with Crippen LogP contribution in [0.3, 0.4) is 0 Å². The number of fused-ring (bicyclic) bond motifs is 1. The maximum atomic E-state index is 4.70. The predicted molar refractivity (Wildman–Crippen MR) is 151 cm³/mol. The number of nitrogens with zero attached hydrogens (tertiary/aromatic N) is 2. The van der Waals surface area contributed by atoms with Crippen LogP contribution >= 0.6 is 0 Å². The van der Waals surface area contributed by atoms with Crippen LogP contribution in [0.1, 0.15) is 16.7 Å². The molecule has 2 nitrogen and oxygen atoms in total. The van der Waals surface area contributed by atoms with Crippen molar-refractivity contribution in [2.45, 2.75) is 33.9 Å². The summed E-state index contributed by atoms with van der Waals surface area (Å²) in [7, 11) is 0.279. The van der Waals surface area contributed by atoms with Gasteiger partial charge in [-0.15, -0.1) is 0 Å². The first-order valence-electron chi connectivity index (χ1n) is 12.3. The molecular weight excluding hydrogens is 440 g/mol. The Hall–Kier alpha value is -3.56. The minimum absolute atomic E-state index is 1.22. The third-order valence-corrected chi connectivity index (χ3v) is 10.7. The summed E-state index contributed by atoms with van der Waals surface area (Å²) in [6, 6.07) is 29.0. The molecule has 0 atom stereocenters. The highest BCUT2D eigenvalue weighted by atomic mass is 28.3. The molecule has 3 heteroatoms. The van der Waals surface area contributed by atoms with E-state index in [-0.39, 0.29) is 0 Å². The van der Waals surface area contributed by atoms with Gasteiger partial charge in [0.25, 0.3) is 0 Å². The molecule has 0 spiro atoms. The van der Waals surface area contributed by atoms with Gasteiger partial charge >= 0.3 is 0 Å². The van der Waals surface area contributed by atoms with Crippen LogP contribution < -0.4 is 15.1 Å². The van der Waals surface area contributed by atoms with Gasteiger partial charge in [-0.25, -0.2) is 4.57 Å². The zero-order chi connectivity index (χ0) is 24.7. The molecule has 174 valence electrons. The normalized spacial score (nSPS) is 11.7. The molecule has 35 heavy (non-hydrogen) atoms. The number of hydrogen-bond acceptors (Lipinski definition) is 1. The van der Waals surface area contributed by atoms with Gasteiger partial charge in [-0.2, -0.15) is 0 Å². The molecule has 2 aromatic heterocycles. The Kier molecular flexibility index (Phi) is 5.90. The summed E-state index contributed by atoms with van der Waals surface area (Å²) in [5.41, 5.74) is 9.10. The lowest BCUT2D eigenvalue weighted by Crippen LogP contribution is -2.54. The van der Waals surface area contributed by atoms with Gasteiger partial charge in [0.1, 0.15) is 15.1 Å². The highest BCUT2D eigenvalue weighted by molar-refractivity contribution is 7.00. The predicted octanol–water partition coefficient (Wildman–Crippen LogP) is 6.14. The van der Waals surface area contributed by atoms with Crippen molar-refractivity contribution in [3.05, 3.63) is 108 Å². The van der Waals surface area contributed by atoms with Crippen molar-refractivity contribution in [3.8, 4) is 22.4 Å². The summed E-state index contributed by atoms with van der Waals surface area (Å²) < 4.78 is 2.25. The number of hydrogen-bond donors (Lipinski definition) is 0. The lowest BCUT2D eigenvalue weighted by molar-refractivity contribution is -0.659. The van der Waals surface area contributed by atoms with Crippen LogP contribution in [-0.4, -0.2) is 13.1 Å². The van der Waals surface area contributed by atoms with E-state index in [0.29, 0.717) is 0 Å². The Bertz CT molecular complexity index is 1530. The van der Waals surface area contributed by atoms with E-state index in [1.54, 1.807) is 0 Å². The number of aryl methyl sites for hydroxylation is 4. The molecule has 0 aliphatic carbocycles. The number of rotatable bonds is 4. The molecule has 5 rings (SSSR count). The first kappa shape index (κ1) is 23.2. The zero-order valence-corrected chi connectivity index (χ0v) is 22.6. The summed E-state index contributed by atoms with van der Waals surface area (Å²) in [4.78, 5) is 4.70. The fourth-order valence-corrected chi connectivity index (χ4v) is 7.55. The van der Waals surface area contributed by atoms with Crippen molar-refractivity contribution in [1.82, 2.24) is 4.98 Å². The molecule has 3 aromatic carbocycles. The van der Waals surface area contributed by atoms with Gasteiger partial charge < -0.3 is 0 Å². The SMILES string of the molecule is Cc1cc(-c2c(C)cccc2C)ccc1-c1c2ccc([Si](C)(C)c3ccccn3)cc2cc[n+]1C. The van der Waals surface area contributed by atoms with E-state index < -0.39 is 8.07 Å². The molecule has 0 unspecified atom stereocenters. The van der Waals surface area contributed by atoms with E-state index in [2.05, 4.69) is 124 Å². The summed E-state index contributed by atoms with van der Waals surface area (Å²) >= 11 is 0. The van der Waals surface area contributed by atoms with Crippen LogP contribution in [0, 0.1) is 20.8 Å². The van der Waals surface area contributed by atoms with Gasteiger partial charge in [-0.05, 0) is 78.2 Å². The van der Waals surface area contributed by atoms with Crippen LogP contribution in [0.2, 0.25) is 13.1 Å². The Labute approximate surface area is 210 Å². The molecule has 0 bridgehead atoms. The highest BCUT2D eigenvalue weighted by Crippen LogP contribution is 2.33. The lowest BCUT2D eigenvalue weighted by atomic mass is 9.92. The van der Waals surface area contributed by atoms with Crippen LogP contribution in [0.4, 0.5) is 0 Å². The van der Waals surface area contributed by atoms with Gasteiger partial charge in [0.05, 0.1) is 5.39 Å². The fourth-order valence-electron chi connectivity index (χ4n) is 5.33. The molecule has 0 fully saturated rings. The van der Waals surface area contributed by atoms with Crippen molar-refractivity contribution in [2.75, 3.05) is 0 Å². The average molecular weight is 474 g/mol. The van der Waals surface area contributed by atoms with Crippen molar-refractivity contribution in [3.63, 3.8) is 0 Å². The van der Waals surface area contributed by atoms with Crippen molar-refractivity contribution in [1.29, 1.82) is 0 Å². The van der Waals surface area contributed by atoms with Crippen molar-refractivity contribution >= 4 is 29.4 Å². The van der Waals surface area contributed by atoms with E-state index in [1.165, 1.54) is 60.4 Å². The molecule has 0 aliphatic rings. The quantitative estimate of drug-likeness (QED) is 0.226. The third-order valence-electron chi connectivity index (χ3n) is 7.42. The number of aromatic nitrogens is 2. The second-order valence-corrected chi connectivity index (χ2v) is 14.6. The fraction of sp³-hybridized carbons (Fsp3) is 0.188. The summed E-state index contributed by atoms with van der Waals surface area (Å²) in [6.07, 6.45) is 4.10. The summed E-state index contributed by atoms with van der Waals surface area (Å²) in [6.45, 7) is 11.4. The van der Waals surface area contributed by atoms with E-state index in [9.17, 15) is 0 Å². The molecule has 0 N–H and O–H groups in total. The molecular formula is C32H33N2Si+. The Morgan fingerprint density at radius 2 is 1.51 bits per heavy atom. The largest absolute Gasteiger partial charge is 0.266 e. The van der Waals surface area contributed by atoms with Gasteiger partial charge in [0.2, 0.25) is 5.69 Å². The Balaban J connectivity index is 1.63. The molecule has 0 aliphatic heterocycles. The monoisotopic (exact) mass is 473 g/mol. The minimum atomic E-state index is -1.87. The van der Waals surface area contributed by atoms with Gasteiger partial charge in [-0.3, -0.25) is 4.98 Å². The average Bonchev–Trinajstić information content (AvgIpc) is 2.85. The second kappa shape index (κ2) is 8.90. The molecule has 0 saturated carbocycles. The molecule has 0 amide bonds. The first-order chi connectivity index (χ1) is 16.8. The Morgan fingerprint density at radius 3 is 2.20 bits per heavy atom. The first-order valence-corrected chi connectivity index (χ1v) is 15.3. The molecule has 0 radical (unpaired) electrons. The van der Waals surface area contributed by atoms with Crippen LogP contribution in [0.25, 0.3) is 33.2 Å². The van der Waals surface area contributed by atoms with Crippen molar-refractivity contribution < 1.29 is 4.57 Å². The smallest absolute Gasteiger partial charge is 0.220 e. The van der Waals surface area contributed by atoms with E-state index in [0.717, 1.165) is 0 Å². The van der Waals surface area contributed by atoms with Crippen LogP contribution in [0.5, 0.6) is 0 Å². The number of pyridine rings is 2. The van der Waals surface area contributed by atoms with E-state index in [4.69, 9.17) is 4.98 Å². The van der Waals surface area contributed by atoms with E-state index >= 15 is 0 Å². The zero-order valence-electron chi connectivity index (χ0n) is 21.6. The van der Waals surface area contributed by atoms with E-state index in [1.807, 2.05) is 12.3 Å². The summed E-state index contributed by atoms with van der Waals surface area (Å²) in [5, 5.41) is 5.20. The lowest BCUT2D eigenvalue weighted by Gasteiger charge is -2.22. The van der Waals surface area contributed by atoms with Crippen LogP contribution in [0.15, 0.2) is 91.3 Å². The maximum Gasteiger partial charge on any atom is 0.220 e. The topological polar surface area (TPSA) is 16.8 Å². The Morgan fingerprint density at radius 1 is 0.743 bits per heavy atom. The minimum Gasteiger partial charge on any atom is -0.266 e. The third kappa shape index (κ3) is 4.10. The second-order valence-electron chi connectivity index (χ2n) is 10.2. The molecule has 5 aromatic rings. The standard InChI is InChI=1S/C32H33N2Si/c1-22-10-9-11-23(2)31(22)26-13-15-28(24(3)20-26)32-29-16-14-27(21-25(29)17-19-34(32)4)35(5,6)30-12-7-8-18-33-30/h7-21H,1-6H3/q+1. The van der Waals surface area contributed by atoms with Gasteiger partial charge in [-0.1, -0.05) is 66.8 Å². The summed E-state index contributed by atoms with van der Waals surface area (Å²) in [5.74, 6) is 0. The van der Waals surface area contributed by atoms with Crippen molar-refractivity contribution in [2.24, 2.45) is 7.05 Å².